The number of benzene rings is 3. The van der Waals surface area contributed by atoms with Gasteiger partial charge in [-0.2, -0.15) is 0 Å². The summed E-state index contributed by atoms with van der Waals surface area (Å²) in [6.07, 6.45) is 1.76. The number of likely N-dealkylation sites (tertiary alicyclic amines) is 1. The summed E-state index contributed by atoms with van der Waals surface area (Å²) < 4.78 is 38.6. The number of rotatable bonds is 5. The number of hydrogen-bond acceptors (Lipinski definition) is 5. The van der Waals surface area contributed by atoms with Gasteiger partial charge in [0, 0.05) is 19.2 Å². The normalized spacial score (nSPS) is 17.4. The van der Waals surface area contributed by atoms with Crippen molar-refractivity contribution in [3.63, 3.8) is 0 Å². The van der Waals surface area contributed by atoms with Gasteiger partial charge in [-0.15, -0.1) is 0 Å². The molecule has 0 aromatic heterocycles. The lowest BCUT2D eigenvalue weighted by molar-refractivity contribution is 0.0735. The number of sulfonamides is 1. The molecule has 34 heavy (non-hydrogen) atoms. The smallest absolute Gasteiger partial charge is 0.264 e. The van der Waals surface area contributed by atoms with E-state index < -0.39 is 10.0 Å². The monoisotopic (exact) mass is 478 g/mol. The van der Waals surface area contributed by atoms with Crippen molar-refractivity contribution < 1.29 is 22.7 Å². The molecule has 1 unspecified atom stereocenters. The molecule has 2 aliphatic heterocycles. The molecule has 7 nitrogen and oxygen atoms in total. The third-order valence-corrected chi connectivity index (χ3v) is 8.14. The standard InChI is InChI=1S/C26H26N2O5S/c1-27(21-6-3-2-4-7-21)34(30,31)22-12-9-19(10-13-22)26(29)28-15-5-8-23(28)20-11-14-24-25(18-20)33-17-16-32-24/h2-4,6-7,9-14,18,23H,5,8,15-17H2,1H3. The van der Waals surface area contributed by atoms with E-state index in [0.717, 1.165) is 24.2 Å². The highest BCUT2D eigenvalue weighted by atomic mass is 32.2. The number of amides is 1. The van der Waals surface area contributed by atoms with E-state index in [9.17, 15) is 13.2 Å². The van der Waals surface area contributed by atoms with Crippen LogP contribution in [0.1, 0.15) is 34.8 Å². The van der Waals surface area contributed by atoms with Crippen molar-refractivity contribution >= 4 is 21.6 Å². The van der Waals surface area contributed by atoms with E-state index in [0.29, 0.717) is 36.8 Å². The number of nitrogens with zero attached hydrogens (tertiary/aromatic N) is 2. The Morgan fingerprint density at radius 3 is 2.38 bits per heavy atom. The summed E-state index contributed by atoms with van der Waals surface area (Å²) in [5.74, 6) is 1.32. The topological polar surface area (TPSA) is 76.2 Å². The minimum Gasteiger partial charge on any atom is -0.486 e. The largest absolute Gasteiger partial charge is 0.486 e. The Morgan fingerprint density at radius 2 is 1.65 bits per heavy atom. The van der Waals surface area contributed by atoms with Crippen LogP contribution in [0.25, 0.3) is 0 Å². The molecule has 1 amide bonds. The predicted octanol–water partition coefficient (Wildman–Crippen LogP) is 4.26. The van der Waals surface area contributed by atoms with Crippen LogP contribution >= 0.6 is 0 Å². The number of carbonyl (C=O) groups is 1. The van der Waals surface area contributed by atoms with E-state index in [1.54, 1.807) is 36.4 Å². The maximum absolute atomic E-state index is 13.3. The SMILES string of the molecule is CN(c1ccccc1)S(=O)(=O)c1ccc(C(=O)N2CCCC2c2ccc3c(c2)OCCO3)cc1. The van der Waals surface area contributed by atoms with Crippen LogP contribution in [0.4, 0.5) is 5.69 Å². The molecule has 176 valence electrons. The summed E-state index contributed by atoms with van der Waals surface area (Å²) in [5, 5.41) is 0. The maximum Gasteiger partial charge on any atom is 0.264 e. The zero-order valence-electron chi connectivity index (χ0n) is 18.9. The van der Waals surface area contributed by atoms with Crippen molar-refractivity contribution in [1.82, 2.24) is 4.90 Å². The minimum atomic E-state index is -3.73. The fraction of sp³-hybridized carbons (Fsp3) is 0.269. The first kappa shape index (κ1) is 22.3. The molecule has 0 aliphatic carbocycles. The molecule has 0 radical (unpaired) electrons. The summed E-state index contributed by atoms with van der Waals surface area (Å²) in [5.41, 5.74) is 2.05. The molecule has 0 saturated carbocycles. The zero-order valence-corrected chi connectivity index (χ0v) is 19.7. The fourth-order valence-corrected chi connectivity index (χ4v) is 5.69. The van der Waals surface area contributed by atoms with Gasteiger partial charge in [0.2, 0.25) is 0 Å². The van der Waals surface area contributed by atoms with Crippen LogP contribution in [0.5, 0.6) is 11.5 Å². The first-order valence-electron chi connectivity index (χ1n) is 11.3. The molecular weight excluding hydrogens is 452 g/mol. The van der Waals surface area contributed by atoms with Crippen LogP contribution in [0.3, 0.4) is 0 Å². The Balaban J connectivity index is 1.35. The average molecular weight is 479 g/mol. The lowest BCUT2D eigenvalue weighted by Crippen LogP contribution is -2.31. The van der Waals surface area contributed by atoms with E-state index >= 15 is 0 Å². The molecule has 1 atom stereocenters. The Bertz CT molecular complexity index is 1290. The molecule has 0 N–H and O–H groups in total. The van der Waals surface area contributed by atoms with Crippen molar-refractivity contribution in [3.05, 3.63) is 83.9 Å². The van der Waals surface area contributed by atoms with Gasteiger partial charge in [-0.3, -0.25) is 9.10 Å². The summed E-state index contributed by atoms with van der Waals surface area (Å²) in [6.45, 7) is 1.69. The van der Waals surface area contributed by atoms with Gasteiger partial charge in [-0.1, -0.05) is 24.3 Å². The third-order valence-electron chi connectivity index (χ3n) is 6.34. The van der Waals surface area contributed by atoms with Crippen LogP contribution in [0.2, 0.25) is 0 Å². The Hall–Kier alpha value is -3.52. The van der Waals surface area contributed by atoms with Gasteiger partial charge < -0.3 is 14.4 Å². The van der Waals surface area contributed by atoms with Crippen molar-refractivity contribution in [2.45, 2.75) is 23.8 Å². The molecule has 2 aliphatic rings. The molecule has 0 spiro atoms. The van der Waals surface area contributed by atoms with Crippen LogP contribution in [0, 0.1) is 0 Å². The number of fused-ring (bicyclic) bond motifs is 1. The lowest BCUT2D eigenvalue weighted by atomic mass is 10.0. The highest BCUT2D eigenvalue weighted by Gasteiger charge is 2.32. The zero-order chi connectivity index (χ0) is 23.7. The summed E-state index contributed by atoms with van der Waals surface area (Å²) in [4.78, 5) is 15.3. The molecule has 8 heteroatoms. The molecule has 5 rings (SSSR count). The number of ether oxygens (including phenoxy) is 2. The second kappa shape index (κ2) is 9.02. The van der Waals surface area contributed by atoms with E-state index in [4.69, 9.17) is 9.47 Å². The number of hydrogen-bond donors (Lipinski definition) is 0. The molecule has 1 fully saturated rings. The van der Waals surface area contributed by atoms with Gasteiger partial charge >= 0.3 is 0 Å². The quantitative estimate of drug-likeness (QED) is 0.548. The van der Waals surface area contributed by atoms with Crippen molar-refractivity contribution in [2.75, 3.05) is 31.1 Å². The second-order valence-corrected chi connectivity index (χ2v) is 10.4. The summed E-state index contributed by atoms with van der Waals surface area (Å²) >= 11 is 0. The van der Waals surface area contributed by atoms with Gasteiger partial charge in [-0.05, 0) is 66.9 Å². The number of anilines is 1. The van der Waals surface area contributed by atoms with Crippen molar-refractivity contribution in [2.24, 2.45) is 0 Å². The molecule has 1 saturated heterocycles. The van der Waals surface area contributed by atoms with E-state index in [1.807, 2.05) is 29.2 Å². The summed E-state index contributed by atoms with van der Waals surface area (Å²) in [7, 11) is -2.21. The van der Waals surface area contributed by atoms with E-state index in [-0.39, 0.29) is 16.8 Å². The molecule has 0 bridgehead atoms. The van der Waals surface area contributed by atoms with Gasteiger partial charge in [0.05, 0.1) is 16.6 Å². The molecule has 3 aromatic carbocycles. The second-order valence-electron chi connectivity index (χ2n) is 8.39. The van der Waals surface area contributed by atoms with Crippen molar-refractivity contribution in [1.29, 1.82) is 0 Å². The Labute approximate surface area is 199 Å². The van der Waals surface area contributed by atoms with Crippen LogP contribution in [0.15, 0.2) is 77.7 Å². The minimum absolute atomic E-state index is 0.0593. The first-order chi connectivity index (χ1) is 16.4. The molecular formula is C26H26N2O5S. The lowest BCUT2D eigenvalue weighted by Gasteiger charge is -2.27. The number of carbonyl (C=O) groups excluding carboxylic acids is 1. The van der Waals surface area contributed by atoms with Gasteiger partial charge in [-0.25, -0.2) is 8.42 Å². The Morgan fingerprint density at radius 1 is 0.941 bits per heavy atom. The highest BCUT2D eigenvalue weighted by Crippen LogP contribution is 2.38. The molecule has 2 heterocycles. The van der Waals surface area contributed by atoms with Gasteiger partial charge in [0.15, 0.2) is 11.5 Å². The van der Waals surface area contributed by atoms with E-state index in [1.165, 1.54) is 23.5 Å². The van der Waals surface area contributed by atoms with Crippen LogP contribution < -0.4 is 13.8 Å². The van der Waals surface area contributed by atoms with Crippen LogP contribution in [-0.2, 0) is 10.0 Å². The first-order valence-corrected chi connectivity index (χ1v) is 12.7. The Kier molecular flexibility index (Phi) is 5.91. The number of para-hydroxylation sites is 1. The fourth-order valence-electron chi connectivity index (χ4n) is 4.49. The highest BCUT2D eigenvalue weighted by molar-refractivity contribution is 7.92. The van der Waals surface area contributed by atoms with Gasteiger partial charge in [0.25, 0.3) is 15.9 Å². The van der Waals surface area contributed by atoms with Crippen molar-refractivity contribution in [3.8, 4) is 11.5 Å². The maximum atomic E-state index is 13.3. The van der Waals surface area contributed by atoms with Gasteiger partial charge in [0.1, 0.15) is 13.2 Å². The molecule has 3 aromatic rings. The van der Waals surface area contributed by atoms with E-state index in [2.05, 4.69) is 0 Å². The van der Waals surface area contributed by atoms with Crippen LogP contribution in [-0.4, -0.2) is 46.0 Å². The predicted molar refractivity (Wildman–Crippen MR) is 129 cm³/mol. The summed E-state index contributed by atoms with van der Waals surface area (Å²) in [6, 6.07) is 20.8. The third kappa shape index (κ3) is 4.09. The average Bonchev–Trinajstić information content (AvgIpc) is 3.38.